The molecule has 0 heterocycles. The van der Waals surface area contributed by atoms with Gasteiger partial charge in [-0.1, -0.05) is 18.5 Å². The molecule has 4 nitrogen and oxygen atoms in total. The highest BCUT2D eigenvalue weighted by molar-refractivity contribution is 9.10. The van der Waals surface area contributed by atoms with Crippen molar-refractivity contribution in [3.05, 3.63) is 27.2 Å². The number of hydrogen-bond donors (Lipinski definition) is 1. The van der Waals surface area contributed by atoms with Crippen LogP contribution < -0.4 is 5.32 Å². The Labute approximate surface area is 141 Å². The summed E-state index contributed by atoms with van der Waals surface area (Å²) in [5, 5.41) is 3.13. The lowest BCUT2D eigenvalue weighted by Gasteiger charge is -2.42. The third-order valence-corrected chi connectivity index (χ3v) is 6.49. The number of hydrogen-bond acceptors (Lipinski definition) is 3. The largest absolute Gasteiger partial charge is 0.347 e. The first-order valence-electron chi connectivity index (χ1n) is 6.45. The minimum Gasteiger partial charge on any atom is -0.347 e. The predicted molar refractivity (Wildman–Crippen MR) is 86.5 cm³/mol. The van der Waals surface area contributed by atoms with Gasteiger partial charge in [0.25, 0.3) is 15.0 Å². The average Bonchev–Trinajstić information content (AvgIpc) is 2.35. The molecule has 1 aliphatic rings. The van der Waals surface area contributed by atoms with Crippen molar-refractivity contribution in [1.82, 2.24) is 5.32 Å². The first-order chi connectivity index (χ1) is 9.68. The van der Waals surface area contributed by atoms with E-state index in [-0.39, 0.29) is 26.9 Å². The summed E-state index contributed by atoms with van der Waals surface area (Å²) in [7, 11) is 1.40. The fourth-order valence-corrected chi connectivity index (χ4v) is 3.94. The van der Waals surface area contributed by atoms with Gasteiger partial charge in [-0.25, -0.2) is 8.42 Å². The van der Waals surface area contributed by atoms with Gasteiger partial charge in [-0.2, -0.15) is 0 Å². The van der Waals surface area contributed by atoms with Crippen LogP contribution in [0, 0.1) is 0 Å². The van der Waals surface area contributed by atoms with E-state index in [4.69, 9.17) is 22.3 Å². The van der Waals surface area contributed by atoms with Gasteiger partial charge in [0.2, 0.25) is 0 Å². The van der Waals surface area contributed by atoms with Crippen molar-refractivity contribution in [1.29, 1.82) is 0 Å². The number of amides is 1. The molecule has 0 bridgehead atoms. The Hall–Kier alpha value is -0.300. The molecule has 8 heteroatoms. The molecular weight excluding hydrogens is 401 g/mol. The highest BCUT2D eigenvalue weighted by Crippen LogP contribution is 2.36. The van der Waals surface area contributed by atoms with Crippen LogP contribution in [0.1, 0.15) is 43.0 Å². The van der Waals surface area contributed by atoms with Gasteiger partial charge in [-0.15, -0.1) is 0 Å². The molecule has 0 atom stereocenters. The number of rotatable bonds is 4. The van der Waals surface area contributed by atoms with E-state index in [2.05, 4.69) is 21.2 Å². The lowest BCUT2D eigenvalue weighted by atomic mass is 9.74. The first-order valence-corrected chi connectivity index (χ1v) is 9.93. The van der Waals surface area contributed by atoms with Crippen LogP contribution in [0.15, 0.2) is 21.5 Å². The summed E-state index contributed by atoms with van der Waals surface area (Å²) < 4.78 is 23.2. The van der Waals surface area contributed by atoms with E-state index in [9.17, 15) is 13.2 Å². The van der Waals surface area contributed by atoms with Crippen molar-refractivity contribution in [2.24, 2.45) is 0 Å². The second-order valence-electron chi connectivity index (χ2n) is 5.15. The molecule has 0 spiro atoms. The quantitative estimate of drug-likeness (QED) is 0.754. The summed E-state index contributed by atoms with van der Waals surface area (Å²) >= 11 is 9.25. The topological polar surface area (TPSA) is 63.2 Å². The van der Waals surface area contributed by atoms with Gasteiger partial charge in [-0.05, 0) is 53.7 Å². The molecule has 1 amide bonds. The Morgan fingerprint density at radius 2 is 2.05 bits per heavy atom. The Bertz CT molecular complexity index is 681. The Balaban J connectivity index is 2.39. The van der Waals surface area contributed by atoms with Gasteiger partial charge in [0, 0.05) is 20.7 Å². The summed E-state index contributed by atoms with van der Waals surface area (Å²) in [6.07, 6.45) is 3.73. The summed E-state index contributed by atoms with van der Waals surface area (Å²) in [5.41, 5.74) is -0.104. The van der Waals surface area contributed by atoms with E-state index >= 15 is 0 Å². The molecule has 1 fully saturated rings. The SMILES string of the molecule is CCC1(NC(=O)c2cc(S(=O)(=O)Cl)cc(Br)c2Cl)CCC1. The Morgan fingerprint density at radius 3 is 2.48 bits per heavy atom. The number of nitrogens with one attached hydrogen (secondary N) is 1. The molecule has 1 aliphatic carbocycles. The molecule has 0 saturated heterocycles. The lowest BCUT2D eigenvalue weighted by Crippen LogP contribution is -2.53. The summed E-state index contributed by atoms with van der Waals surface area (Å²) in [5.74, 6) is -0.385. The molecular formula is C13H14BrCl2NO3S. The van der Waals surface area contributed by atoms with Crippen molar-refractivity contribution < 1.29 is 13.2 Å². The molecule has 1 N–H and O–H groups in total. The van der Waals surface area contributed by atoms with E-state index in [0.717, 1.165) is 25.7 Å². The summed E-state index contributed by atoms with van der Waals surface area (Å²) in [4.78, 5) is 12.2. The number of benzene rings is 1. The van der Waals surface area contributed by atoms with Crippen LogP contribution in [0.5, 0.6) is 0 Å². The molecule has 2 rings (SSSR count). The number of halogens is 3. The van der Waals surface area contributed by atoms with Gasteiger partial charge < -0.3 is 5.32 Å². The summed E-state index contributed by atoms with van der Waals surface area (Å²) in [6.45, 7) is 2.01. The van der Waals surface area contributed by atoms with Crippen LogP contribution in [-0.4, -0.2) is 19.9 Å². The predicted octanol–water partition coefficient (Wildman–Crippen LogP) is 4.09. The van der Waals surface area contributed by atoms with Crippen LogP contribution in [0.2, 0.25) is 5.02 Å². The number of carbonyl (C=O) groups is 1. The van der Waals surface area contributed by atoms with E-state index in [1.54, 1.807) is 0 Å². The summed E-state index contributed by atoms with van der Waals surface area (Å²) in [6, 6.07) is 2.48. The van der Waals surface area contributed by atoms with E-state index < -0.39 is 9.05 Å². The van der Waals surface area contributed by atoms with E-state index in [1.165, 1.54) is 12.1 Å². The zero-order valence-corrected chi connectivity index (χ0v) is 15.2. The van der Waals surface area contributed by atoms with Gasteiger partial charge >= 0.3 is 0 Å². The Morgan fingerprint density at radius 1 is 1.43 bits per heavy atom. The van der Waals surface area contributed by atoms with Crippen molar-refractivity contribution >= 4 is 53.2 Å². The fraction of sp³-hybridized carbons (Fsp3) is 0.462. The Kier molecular flexibility index (Phi) is 4.93. The van der Waals surface area contributed by atoms with Crippen molar-refractivity contribution in [2.45, 2.75) is 43.0 Å². The van der Waals surface area contributed by atoms with Crippen LogP contribution in [-0.2, 0) is 9.05 Å². The highest BCUT2D eigenvalue weighted by atomic mass is 79.9. The second-order valence-corrected chi connectivity index (χ2v) is 8.94. The van der Waals surface area contributed by atoms with Gasteiger partial charge in [0.15, 0.2) is 0 Å². The zero-order chi connectivity index (χ0) is 15.8. The number of carbonyl (C=O) groups excluding carboxylic acids is 1. The highest BCUT2D eigenvalue weighted by Gasteiger charge is 2.37. The minimum atomic E-state index is -3.94. The van der Waals surface area contributed by atoms with E-state index in [1.807, 2.05) is 6.92 Å². The van der Waals surface area contributed by atoms with Crippen LogP contribution in [0.25, 0.3) is 0 Å². The van der Waals surface area contributed by atoms with E-state index in [0.29, 0.717) is 4.47 Å². The molecule has 0 aliphatic heterocycles. The van der Waals surface area contributed by atoms with Crippen molar-refractivity contribution in [3.8, 4) is 0 Å². The monoisotopic (exact) mass is 413 g/mol. The lowest BCUT2D eigenvalue weighted by molar-refractivity contribution is 0.0820. The standard InChI is InChI=1S/C13H14BrCl2NO3S/c1-2-13(4-3-5-13)17-12(18)9-6-8(21(16,19)20)7-10(14)11(9)15/h6-7H,2-5H2,1H3,(H,17,18). The van der Waals surface area contributed by atoms with Gasteiger partial charge in [0.05, 0.1) is 15.5 Å². The maximum atomic E-state index is 12.4. The third-order valence-electron chi connectivity index (χ3n) is 3.89. The average molecular weight is 415 g/mol. The van der Waals surface area contributed by atoms with Crippen molar-refractivity contribution in [2.75, 3.05) is 0 Å². The minimum absolute atomic E-state index is 0.102. The molecule has 21 heavy (non-hydrogen) atoms. The fourth-order valence-electron chi connectivity index (χ4n) is 2.35. The zero-order valence-electron chi connectivity index (χ0n) is 11.3. The normalized spacial score (nSPS) is 17.1. The van der Waals surface area contributed by atoms with Crippen LogP contribution in [0.3, 0.4) is 0 Å². The second kappa shape index (κ2) is 6.07. The van der Waals surface area contributed by atoms with Crippen molar-refractivity contribution in [3.63, 3.8) is 0 Å². The maximum absolute atomic E-state index is 12.4. The van der Waals surface area contributed by atoms with Gasteiger partial charge in [0.1, 0.15) is 0 Å². The maximum Gasteiger partial charge on any atom is 0.261 e. The molecule has 0 aromatic heterocycles. The van der Waals surface area contributed by atoms with Crippen LogP contribution in [0.4, 0.5) is 0 Å². The molecule has 1 aromatic carbocycles. The molecule has 1 saturated carbocycles. The molecule has 116 valence electrons. The van der Waals surface area contributed by atoms with Crippen LogP contribution >= 0.6 is 38.2 Å². The smallest absolute Gasteiger partial charge is 0.261 e. The first kappa shape index (κ1) is 17.1. The molecule has 0 radical (unpaired) electrons. The molecule has 0 unspecified atom stereocenters. The van der Waals surface area contributed by atoms with Gasteiger partial charge in [-0.3, -0.25) is 4.79 Å². The molecule has 1 aromatic rings. The third kappa shape index (κ3) is 3.55.